The molecule has 0 atom stereocenters. The van der Waals surface area contributed by atoms with Crippen molar-refractivity contribution in [2.24, 2.45) is 5.41 Å². The molecule has 6 heteroatoms. The van der Waals surface area contributed by atoms with E-state index in [0.717, 1.165) is 5.56 Å². The molecule has 0 radical (unpaired) electrons. The molecular weight excluding hydrogens is 268 g/mol. The lowest BCUT2D eigenvalue weighted by molar-refractivity contribution is 0.311. The number of hydrogen-bond acceptors (Lipinski definition) is 4. The van der Waals surface area contributed by atoms with Crippen LogP contribution >= 0.6 is 11.3 Å². The van der Waals surface area contributed by atoms with Gasteiger partial charge in [0.25, 0.3) is 10.0 Å². The summed E-state index contributed by atoms with van der Waals surface area (Å²) in [4.78, 5) is 0. The normalized spacial score (nSPS) is 13.2. The Morgan fingerprint density at radius 2 is 2.00 bits per heavy atom. The van der Waals surface area contributed by atoms with Gasteiger partial charge in [0.1, 0.15) is 4.21 Å². The first-order valence-corrected chi connectivity index (χ1v) is 8.17. The summed E-state index contributed by atoms with van der Waals surface area (Å²) in [5.74, 6) is 0. The molecule has 0 amide bonds. The predicted octanol–water partition coefficient (Wildman–Crippen LogP) is 2.13. The van der Waals surface area contributed by atoms with Crippen molar-refractivity contribution < 1.29 is 8.42 Å². The van der Waals surface area contributed by atoms with Gasteiger partial charge in [0.2, 0.25) is 0 Å². The smallest absolute Gasteiger partial charge is 0.252 e. The summed E-state index contributed by atoms with van der Waals surface area (Å²) in [6.07, 6.45) is 0. The number of thiophene rings is 1. The standard InChI is InChI=1S/C12H22N2O2S2/c1-12(2,3)9-14(5)18(15,16)11-6-10(7-13-4)8-17-11/h6,8,13H,7,9H2,1-5H3. The van der Waals surface area contributed by atoms with Gasteiger partial charge >= 0.3 is 0 Å². The Bertz CT molecular complexity index is 486. The molecule has 0 bridgehead atoms. The highest BCUT2D eigenvalue weighted by Gasteiger charge is 2.26. The van der Waals surface area contributed by atoms with Gasteiger partial charge in [0.15, 0.2) is 0 Å². The lowest BCUT2D eigenvalue weighted by Gasteiger charge is -2.25. The maximum absolute atomic E-state index is 12.3. The summed E-state index contributed by atoms with van der Waals surface area (Å²) in [7, 11) is 0.136. The van der Waals surface area contributed by atoms with Gasteiger partial charge in [-0.05, 0) is 29.5 Å². The molecule has 0 spiro atoms. The first-order chi connectivity index (χ1) is 8.16. The van der Waals surface area contributed by atoms with Gasteiger partial charge < -0.3 is 5.32 Å². The molecule has 4 nitrogen and oxygen atoms in total. The van der Waals surface area contributed by atoms with E-state index in [4.69, 9.17) is 0 Å². The quantitative estimate of drug-likeness (QED) is 0.904. The third-order valence-electron chi connectivity index (χ3n) is 2.37. The fourth-order valence-corrected chi connectivity index (χ4v) is 4.51. The number of nitrogens with one attached hydrogen (secondary N) is 1. The Labute approximate surface area is 114 Å². The van der Waals surface area contributed by atoms with E-state index >= 15 is 0 Å². The van der Waals surface area contributed by atoms with Crippen molar-refractivity contribution in [3.63, 3.8) is 0 Å². The highest BCUT2D eigenvalue weighted by atomic mass is 32.2. The van der Waals surface area contributed by atoms with Crippen LogP contribution in [0.2, 0.25) is 0 Å². The van der Waals surface area contributed by atoms with Crippen LogP contribution in [0.4, 0.5) is 0 Å². The molecule has 0 aromatic carbocycles. The zero-order valence-corrected chi connectivity index (χ0v) is 13.3. The lowest BCUT2D eigenvalue weighted by Crippen LogP contribution is -2.34. The minimum absolute atomic E-state index is 0.0487. The summed E-state index contributed by atoms with van der Waals surface area (Å²) in [6.45, 7) is 7.28. The number of rotatable bonds is 5. The van der Waals surface area contributed by atoms with Gasteiger partial charge in [-0.25, -0.2) is 8.42 Å². The molecule has 0 fully saturated rings. The van der Waals surface area contributed by atoms with E-state index in [0.29, 0.717) is 17.3 Å². The van der Waals surface area contributed by atoms with Gasteiger partial charge in [0, 0.05) is 20.1 Å². The second-order valence-corrected chi connectivity index (χ2v) is 8.81. The molecule has 0 saturated carbocycles. The maximum Gasteiger partial charge on any atom is 0.252 e. The Morgan fingerprint density at radius 1 is 1.39 bits per heavy atom. The van der Waals surface area contributed by atoms with Gasteiger partial charge in [-0.2, -0.15) is 4.31 Å². The Balaban J connectivity index is 2.91. The predicted molar refractivity (Wildman–Crippen MR) is 76.4 cm³/mol. The molecule has 0 saturated heterocycles. The molecule has 18 heavy (non-hydrogen) atoms. The average Bonchev–Trinajstić information content (AvgIpc) is 2.64. The van der Waals surface area contributed by atoms with Crippen LogP contribution < -0.4 is 5.32 Å². The van der Waals surface area contributed by atoms with Gasteiger partial charge in [-0.1, -0.05) is 20.8 Å². The van der Waals surface area contributed by atoms with Crippen molar-refractivity contribution >= 4 is 21.4 Å². The summed E-state index contributed by atoms with van der Waals surface area (Å²) < 4.78 is 26.5. The van der Waals surface area contributed by atoms with Crippen LogP contribution in [-0.4, -0.2) is 33.4 Å². The number of nitrogens with zero attached hydrogens (tertiary/aromatic N) is 1. The summed E-state index contributed by atoms with van der Waals surface area (Å²) in [5, 5.41) is 4.90. The molecule has 1 rings (SSSR count). The minimum Gasteiger partial charge on any atom is -0.316 e. The molecule has 0 aliphatic rings. The van der Waals surface area contributed by atoms with Crippen LogP contribution in [0.5, 0.6) is 0 Å². The molecule has 1 aromatic heterocycles. The average molecular weight is 290 g/mol. The fraction of sp³-hybridized carbons (Fsp3) is 0.667. The van der Waals surface area contributed by atoms with E-state index in [1.165, 1.54) is 15.6 Å². The van der Waals surface area contributed by atoms with E-state index in [1.807, 2.05) is 33.2 Å². The molecule has 1 aromatic rings. The van der Waals surface area contributed by atoms with Crippen molar-refractivity contribution in [3.05, 3.63) is 17.0 Å². The Morgan fingerprint density at radius 3 is 2.50 bits per heavy atom. The van der Waals surface area contributed by atoms with Crippen LogP contribution in [0.25, 0.3) is 0 Å². The molecule has 0 unspecified atom stereocenters. The maximum atomic E-state index is 12.3. The topological polar surface area (TPSA) is 49.4 Å². The minimum atomic E-state index is -3.35. The van der Waals surface area contributed by atoms with Crippen LogP contribution in [0, 0.1) is 5.41 Å². The highest BCUT2D eigenvalue weighted by molar-refractivity contribution is 7.91. The third kappa shape index (κ3) is 4.05. The van der Waals surface area contributed by atoms with Crippen molar-refractivity contribution in [3.8, 4) is 0 Å². The first kappa shape index (κ1) is 15.6. The van der Waals surface area contributed by atoms with Crippen molar-refractivity contribution in [2.75, 3.05) is 20.6 Å². The largest absolute Gasteiger partial charge is 0.316 e. The summed E-state index contributed by atoms with van der Waals surface area (Å²) in [5.41, 5.74) is 0.956. The van der Waals surface area contributed by atoms with Crippen LogP contribution in [0.3, 0.4) is 0 Å². The second-order valence-electron chi connectivity index (χ2n) is 5.63. The SMILES string of the molecule is CNCc1csc(S(=O)(=O)N(C)CC(C)(C)C)c1. The van der Waals surface area contributed by atoms with Crippen LogP contribution in [-0.2, 0) is 16.6 Å². The van der Waals surface area contributed by atoms with E-state index in [9.17, 15) is 8.42 Å². The molecule has 1 heterocycles. The first-order valence-electron chi connectivity index (χ1n) is 5.85. The summed E-state index contributed by atoms with van der Waals surface area (Å²) in [6, 6.07) is 1.75. The fourth-order valence-electron chi connectivity index (χ4n) is 1.69. The zero-order chi connectivity index (χ0) is 14.0. The van der Waals surface area contributed by atoms with Crippen molar-refractivity contribution in [1.29, 1.82) is 0 Å². The van der Waals surface area contributed by atoms with E-state index in [2.05, 4.69) is 5.32 Å². The highest BCUT2D eigenvalue weighted by Crippen LogP contribution is 2.25. The number of hydrogen-bond donors (Lipinski definition) is 1. The van der Waals surface area contributed by atoms with E-state index in [-0.39, 0.29) is 5.41 Å². The second kappa shape index (κ2) is 5.69. The van der Waals surface area contributed by atoms with Gasteiger partial charge in [0.05, 0.1) is 0 Å². The molecular formula is C12H22N2O2S2. The lowest BCUT2D eigenvalue weighted by atomic mass is 9.97. The summed E-state index contributed by atoms with van der Waals surface area (Å²) >= 11 is 1.28. The molecule has 1 N–H and O–H groups in total. The van der Waals surface area contributed by atoms with E-state index in [1.54, 1.807) is 13.1 Å². The molecule has 104 valence electrons. The van der Waals surface area contributed by atoms with Crippen molar-refractivity contribution in [1.82, 2.24) is 9.62 Å². The molecule has 0 aliphatic carbocycles. The van der Waals surface area contributed by atoms with E-state index < -0.39 is 10.0 Å². The van der Waals surface area contributed by atoms with Crippen molar-refractivity contribution in [2.45, 2.75) is 31.5 Å². The monoisotopic (exact) mass is 290 g/mol. The zero-order valence-electron chi connectivity index (χ0n) is 11.6. The van der Waals surface area contributed by atoms with Crippen LogP contribution in [0.1, 0.15) is 26.3 Å². The number of sulfonamides is 1. The van der Waals surface area contributed by atoms with Gasteiger partial charge in [-0.3, -0.25) is 0 Å². The Hall–Kier alpha value is -0.430. The van der Waals surface area contributed by atoms with Gasteiger partial charge in [-0.15, -0.1) is 11.3 Å². The van der Waals surface area contributed by atoms with Crippen LogP contribution in [0.15, 0.2) is 15.7 Å². The third-order valence-corrected chi connectivity index (χ3v) is 5.64. The molecule has 0 aliphatic heterocycles. The Kier molecular flexibility index (Phi) is 4.94.